The highest BCUT2D eigenvalue weighted by Gasteiger charge is 2.33. The normalized spacial score (nSPS) is 12.5. The molecule has 4 heterocycles. The Morgan fingerprint density at radius 3 is 1.83 bits per heavy atom. The molecule has 8 aromatic carbocycles. The first-order valence-corrected chi connectivity index (χ1v) is 17.8. The molecule has 0 unspecified atom stereocenters. The third kappa shape index (κ3) is 4.07. The average Bonchev–Trinajstić information content (AvgIpc) is 3.76. The van der Waals surface area contributed by atoms with Gasteiger partial charge in [-0.1, -0.05) is 97.1 Å². The van der Waals surface area contributed by atoms with E-state index in [4.69, 9.17) is 13.9 Å². The molecule has 0 fully saturated rings. The molecule has 0 N–H and O–H groups in total. The smallest absolute Gasteiger partial charge is 0.160 e. The molecule has 0 bridgehead atoms. The Balaban J connectivity index is 1.00. The van der Waals surface area contributed by atoms with Gasteiger partial charge in [-0.05, 0) is 83.4 Å². The van der Waals surface area contributed by atoms with Crippen LogP contribution in [0.15, 0.2) is 174 Å². The van der Waals surface area contributed by atoms with Gasteiger partial charge in [0.2, 0.25) is 0 Å². The van der Waals surface area contributed by atoms with Crippen LogP contribution in [0.1, 0.15) is 0 Å². The third-order valence-electron chi connectivity index (χ3n) is 10.8. The number of para-hydroxylation sites is 3. The van der Waals surface area contributed by atoms with Crippen molar-refractivity contribution in [2.24, 2.45) is 0 Å². The molecule has 0 radical (unpaired) electrons. The van der Waals surface area contributed by atoms with Crippen LogP contribution in [0, 0.1) is 0 Å². The van der Waals surface area contributed by atoms with E-state index in [2.05, 4.69) is 137 Å². The lowest BCUT2D eigenvalue weighted by molar-refractivity contribution is 0.445. The van der Waals surface area contributed by atoms with Crippen molar-refractivity contribution in [3.63, 3.8) is 0 Å². The van der Waals surface area contributed by atoms with Gasteiger partial charge in [-0.2, -0.15) is 0 Å². The first-order valence-electron chi connectivity index (χ1n) is 17.8. The van der Waals surface area contributed by atoms with Crippen molar-refractivity contribution >= 4 is 60.8 Å². The van der Waals surface area contributed by atoms with Gasteiger partial charge < -0.3 is 18.8 Å². The monoisotopic (exact) mass is 680 g/mol. The molecule has 53 heavy (non-hydrogen) atoms. The first-order chi connectivity index (χ1) is 26.3. The van der Waals surface area contributed by atoms with E-state index < -0.39 is 0 Å². The topological polar surface area (TPSA) is 39.8 Å². The molecule has 248 valence electrons. The van der Waals surface area contributed by atoms with Crippen LogP contribution < -0.4 is 14.4 Å². The third-order valence-corrected chi connectivity index (χ3v) is 10.8. The van der Waals surface area contributed by atoms with Crippen LogP contribution in [0.25, 0.3) is 71.7 Å². The lowest BCUT2D eigenvalue weighted by atomic mass is 10.0. The highest BCUT2D eigenvalue weighted by molar-refractivity contribution is 6.16. The molecule has 0 saturated carbocycles. The molecule has 0 spiro atoms. The van der Waals surface area contributed by atoms with Crippen LogP contribution in [-0.4, -0.2) is 4.57 Å². The summed E-state index contributed by atoms with van der Waals surface area (Å²) in [6.07, 6.45) is 0. The summed E-state index contributed by atoms with van der Waals surface area (Å²) in [5.41, 5.74) is 12.4. The van der Waals surface area contributed by atoms with E-state index in [1.54, 1.807) is 0 Å². The van der Waals surface area contributed by atoms with Crippen molar-refractivity contribution in [1.82, 2.24) is 4.57 Å². The van der Waals surface area contributed by atoms with Crippen molar-refractivity contribution in [2.45, 2.75) is 0 Å². The Labute approximate surface area is 304 Å². The number of furan rings is 1. The number of benzene rings is 8. The van der Waals surface area contributed by atoms with E-state index in [0.717, 1.165) is 101 Å². The minimum atomic E-state index is 0.790. The minimum absolute atomic E-state index is 0.790. The summed E-state index contributed by atoms with van der Waals surface area (Å²) in [6, 6.07) is 59.4. The second-order valence-corrected chi connectivity index (χ2v) is 13.7. The van der Waals surface area contributed by atoms with E-state index in [9.17, 15) is 0 Å². The number of aromatic nitrogens is 1. The molecule has 0 aliphatic carbocycles. The Kier molecular flexibility index (Phi) is 5.71. The molecular formula is C48H28N2O3. The van der Waals surface area contributed by atoms with Gasteiger partial charge >= 0.3 is 0 Å². The van der Waals surface area contributed by atoms with Crippen LogP contribution in [0.2, 0.25) is 0 Å². The largest absolute Gasteiger partial charge is 0.456 e. The summed E-state index contributed by atoms with van der Waals surface area (Å²) in [5.74, 6) is 3.31. The maximum Gasteiger partial charge on any atom is 0.160 e. The van der Waals surface area contributed by atoms with Crippen molar-refractivity contribution in [3.05, 3.63) is 170 Å². The Hall–Kier alpha value is -7.24. The lowest BCUT2D eigenvalue weighted by Crippen LogP contribution is -2.10. The number of rotatable bonds is 5. The second-order valence-electron chi connectivity index (χ2n) is 13.7. The van der Waals surface area contributed by atoms with Gasteiger partial charge in [0, 0.05) is 50.2 Å². The molecule has 0 atom stereocenters. The van der Waals surface area contributed by atoms with Crippen LogP contribution in [0.3, 0.4) is 0 Å². The number of hydrogen-bond acceptors (Lipinski definition) is 4. The zero-order valence-electron chi connectivity index (χ0n) is 28.3. The number of hydrogen-bond donors (Lipinski definition) is 0. The van der Waals surface area contributed by atoms with E-state index in [-0.39, 0.29) is 0 Å². The number of nitrogens with zero attached hydrogens (tertiary/aromatic N) is 2. The molecular weight excluding hydrogens is 653 g/mol. The predicted molar refractivity (Wildman–Crippen MR) is 214 cm³/mol. The van der Waals surface area contributed by atoms with Gasteiger partial charge in [0.05, 0.1) is 11.0 Å². The van der Waals surface area contributed by atoms with Crippen molar-refractivity contribution in [3.8, 4) is 50.9 Å². The molecule has 0 amide bonds. The fourth-order valence-corrected chi connectivity index (χ4v) is 8.37. The fraction of sp³-hybridized carbons (Fsp3) is 0. The molecule has 12 rings (SSSR count). The van der Waals surface area contributed by atoms with Crippen molar-refractivity contribution in [2.75, 3.05) is 4.90 Å². The van der Waals surface area contributed by atoms with E-state index in [1.165, 1.54) is 11.1 Å². The molecule has 0 saturated heterocycles. The maximum atomic E-state index is 6.78. The molecule has 2 aliphatic heterocycles. The summed E-state index contributed by atoms with van der Waals surface area (Å²) in [6.45, 7) is 0. The average molecular weight is 681 g/mol. The minimum Gasteiger partial charge on any atom is -0.456 e. The molecule has 2 aromatic heterocycles. The quantitative estimate of drug-likeness (QED) is 0.181. The van der Waals surface area contributed by atoms with Crippen LogP contribution in [0.4, 0.5) is 17.1 Å². The summed E-state index contributed by atoms with van der Waals surface area (Å²) in [4.78, 5) is 2.29. The summed E-state index contributed by atoms with van der Waals surface area (Å²) >= 11 is 0. The molecule has 5 nitrogen and oxygen atoms in total. The zero-order valence-corrected chi connectivity index (χ0v) is 28.3. The van der Waals surface area contributed by atoms with E-state index in [1.807, 2.05) is 42.5 Å². The second kappa shape index (κ2) is 10.6. The molecule has 5 heteroatoms. The van der Waals surface area contributed by atoms with E-state index in [0.29, 0.717) is 0 Å². The summed E-state index contributed by atoms with van der Waals surface area (Å²) in [5, 5.41) is 4.53. The number of fused-ring (bicyclic) bond motifs is 4. The Morgan fingerprint density at radius 2 is 1.00 bits per heavy atom. The van der Waals surface area contributed by atoms with Gasteiger partial charge in [-0.15, -0.1) is 0 Å². The van der Waals surface area contributed by atoms with Crippen molar-refractivity contribution < 1.29 is 13.9 Å². The van der Waals surface area contributed by atoms with Gasteiger partial charge in [-0.25, -0.2) is 0 Å². The molecule has 2 aliphatic rings. The standard InChI is InChI=1S/C48H28N2O3/c1-2-8-29(9-3-1)30-16-20-32(21-17-30)49(34-24-25-37-36-10-4-5-12-40(36)51-44(37)28-34)33-22-18-31(19-23-33)35-26-27-39-38-11-6-13-41-45(38)50-46(39)48(35)53-43-15-7-14-42(52-41)47(43)50/h1-28H. The maximum absolute atomic E-state index is 6.78. The lowest BCUT2D eigenvalue weighted by Gasteiger charge is -2.28. The van der Waals surface area contributed by atoms with Gasteiger partial charge in [0.25, 0.3) is 0 Å². The Morgan fingerprint density at radius 1 is 0.396 bits per heavy atom. The highest BCUT2D eigenvalue weighted by atomic mass is 16.5. The first kappa shape index (κ1) is 28.5. The highest BCUT2D eigenvalue weighted by Crippen LogP contribution is 2.55. The van der Waals surface area contributed by atoms with Gasteiger partial charge in [0.15, 0.2) is 23.0 Å². The van der Waals surface area contributed by atoms with Gasteiger partial charge in [-0.3, -0.25) is 4.57 Å². The fourth-order valence-electron chi connectivity index (χ4n) is 8.37. The van der Waals surface area contributed by atoms with E-state index >= 15 is 0 Å². The van der Waals surface area contributed by atoms with Crippen molar-refractivity contribution in [1.29, 1.82) is 0 Å². The van der Waals surface area contributed by atoms with Crippen LogP contribution in [-0.2, 0) is 0 Å². The van der Waals surface area contributed by atoms with Crippen LogP contribution in [0.5, 0.6) is 23.0 Å². The zero-order chi connectivity index (χ0) is 34.6. The SMILES string of the molecule is c1ccc(-c2ccc(N(c3ccc(-c4ccc5c6cccc7c6n6c5c4Oc4cccc(c4-6)O7)cc3)c3ccc4c(c3)oc3ccccc34)cc2)cc1. The number of ether oxygens (including phenoxy) is 2. The summed E-state index contributed by atoms with van der Waals surface area (Å²) < 4.78 is 21.8. The Bertz CT molecular complexity index is 3100. The number of anilines is 3. The molecule has 10 aromatic rings. The van der Waals surface area contributed by atoms with Crippen LogP contribution >= 0.6 is 0 Å². The summed E-state index contributed by atoms with van der Waals surface area (Å²) in [7, 11) is 0. The van der Waals surface area contributed by atoms with Gasteiger partial charge in [0.1, 0.15) is 16.9 Å². The predicted octanol–water partition coefficient (Wildman–Crippen LogP) is 13.7.